The van der Waals surface area contributed by atoms with E-state index in [0.29, 0.717) is 24.7 Å². The lowest BCUT2D eigenvalue weighted by Gasteiger charge is -2.10. The Labute approximate surface area is 168 Å². The number of aryl methyl sites for hydroxylation is 1. The van der Waals surface area contributed by atoms with Gasteiger partial charge in [-0.3, -0.25) is 10.1 Å². The number of sulfonamides is 1. The lowest BCUT2D eigenvalue weighted by Crippen LogP contribution is -2.26. The first-order valence-corrected chi connectivity index (χ1v) is 11.6. The molecular formula is C18H24N4O4S2. The van der Waals surface area contributed by atoms with Crippen molar-refractivity contribution >= 4 is 32.4 Å². The van der Waals surface area contributed by atoms with Crippen molar-refractivity contribution in [3.63, 3.8) is 0 Å². The number of nitrogens with zero attached hydrogens (tertiary/aromatic N) is 2. The molecule has 3 rings (SSSR count). The molecule has 0 saturated heterocycles. The SMILES string of the molecule is Cc1ccccc1C(=O)Nc1nnc(S(=O)(=O)NCCCOC2CCCC2)s1. The minimum atomic E-state index is -3.76. The number of carbonyl (C=O) groups excluding carboxylic acids is 1. The van der Waals surface area contributed by atoms with Crippen molar-refractivity contribution in [2.45, 2.75) is 49.5 Å². The summed E-state index contributed by atoms with van der Waals surface area (Å²) in [6.07, 6.45) is 5.50. The Morgan fingerprint density at radius 2 is 2.00 bits per heavy atom. The first kappa shape index (κ1) is 20.8. The third-order valence-corrected chi connectivity index (χ3v) is 7.18. The van der Waals surface area contributed by atoms with Crippen LogP contribution >= 0.6 is 11.3 Å². The lowest BCUT2D eigenvalue weighted by molar-refractivity contribution is 0.0575. The van der Waals surface area contributed by atoms with Gasteiger partial charge in [0.15, 0.2) is 0 Å². The van der Waals surface area contributed by atoms with E-state index in [9.17, 15) is 13.2 Å². The number of carbonyl (C=O) groups is 1. The Balaban J connectivity index is 1.49. The molecule has 10 heteroatoms. The molecule has 2 N–H and O–H groups in total. The molecule has 0 aliphatic heterocycles. The summed E-state index contributed by atoms with van der Waals surface area (Å²) in [5, 5.41) is 10.2. The molecule has 1 amide bonds. The topological polar surface area (TPSA) is 110 Å². The van der Waals surface area contributed by atoms with Crippen molar-refractivity contribution in [1.82, 2.24) is 14.9 Å². The van der Waals surface area contributed by atoms with Crippen molar-refractivity contribution in [2.24, 2.45) is 0 Å². The molecule has 8 nitrogen and oxygen atoms in total. The largest absolute Gasteiger partial charge is 0.378 e. The smallest absolute Gasteiger partial charge is 0.269 e. The summed E-state index contributed by atoms with van der Waals surface area (Å²) in [5.74, 6) is -0.352. The summed E-state index contributed by atoms with van der Waals surface area (Å²) < 4.78 is 32.7. The second kappa shape index (κ2) is 9.55. The van der Waals surface area contributed by atoms with Crippen molar-refractivity contribution in [2.75, 3.05) is 18.5 Å². The normalized spacial score (nSPS) is 15.0. The maximum absolute atomic E-state index is 12.3. The average Bonchev–Trinajstić information content (AvgIpc) is 3.34. The first-order valence-electron chi connectivity index (χ1n) is 9.27. The van der Waals surface area contributed by atoms with Crippen LogP contribution in [0.3, 0.4) is 0 Å². The Morgan fingerprint density at radius 3 is 2.75 bits per heavy atom. The Hall–Kier alpha value is -1.88. The standard InChI is InChI=1S/C18H24N4O4S2/c1-13-7-2-5-10-15(13)16(23)20-17-21-22-18(27-17)28(24,25)19-11-6-12-26-14-8-3-4-9-14/h2,5,7,10,14,19H,3-4,6,8-9,11-12H2,1H3,(H,20,21,23). The quantitative estimate of drug-likeness (QED) is 0.473. The van der Waals surface area contributed by atoms with Crippen molar-refractivity contribution in [3.8, 4) is 0 Å². The van der Waals surface area contributed by atoms with E-state index < -0.39 is 10.0 Å². The van der Waals surface area contributed by atoms with Crippen LogP contribution in [0.15, 0.2) is 28.6 Å². The van der Waals surface area contributed by atoms with Crippen LogP contribution in [0.25, 0.3) is 0 Å². The summed E-state index contributed by atoms with van der Waals surface area (Å²) in [6, 6.07) is 7.12. The number of ether oxygens (including phenoxy) is 1. The first-order chi connectivity index (χ1) is 13.5. The molecule has 1 aromatic heterocycles. The van der Waals surface area contributed by atoms with E-state index in [-0.39, 0.29) is 21.9 Å². The van der Waals surface area contributed by atoms with Gasteiger partial charge in [-0.1, -0.05) is 42.4 Å². The van der Waals surface area contributed by atoms with E-state index in [1.165, 1.54) is 12.8 Å². The fraction of sp³-hybridized carbons (Fsp3) is 0.500. The molecular weight excluding hydrogens is 400 g/mol. The fourth-order valence-electron chi connectivity index (χ4n) is 3.01. The highest BCUT2D eigenvalue weighted by Crippen LogP contribution is 2.22. The van der Waals surface area contributed by atoms with Crippen molar-refractivity contribution in [1.29, 1.82) is 0 Å². The average molecular weight is 425 g/mol. The van der Waals surface area contributed by atoms with Crippen LogP contribution in [0.4, 0.5) is 5.13 Å². The number of nitrogens with one attached hydrogen (secondary N) is 2. The van der Waals surface area contributed by atoms with Crippen LogP contribution in [0.1, 0.15) is 48.0 Å². The monoisotopic (exact) mass is 424 g/mol. The summed E-state index contributed by atoms with van der Waals surface area (Å²) in [4.78, 5) is 12.3. The molecule has 1 aliphatic rings. The highest BCUT2D eigenvalue weighted by Gasteiger charge is 2.21. The van der Waals surface area contributed by atoms with Crippen LogP contribution in [0.2, 0.25) is 0 Å². The number of aromatic nitrogens is 2. The molecule has 2 aromatic rings. The number of hydrogen-bond donors (Lipinski definition) is 2. The lowest BCUT2D eigenvalue weighted by atomic mass is 10.1. The van der Waals surface area contributed by atoms with Gasteiger partial charge in [0.25, 0.3) is 15.9 Å². The van der Waals surface area contributed by atoms with E-state index in [2.05, 4.69) is 20.2 Å². The van der Waals surface area contributed by atoms with Gasteiger partial charge in [0.1, 0.15) is 0 Å². The van der Waals surface area contributed by atoms with Gasteiger partial charge < -0.3 is 4.74 Å². The van der Waals surface area contributed by atoms with Crippen molar-refractivity contribution < 1.29 is 17.9 Å². The van der Waals surface area contributed by atoms with Gasteiger partial charge in [-0.05, 0) is 37.8 Å². The van der Waals surface area contributed by atoms with Gasteiger partial charge in [-0.15, -0.1) is 10.2 Å². The van der Waals surface area contributed by atoms with Gasteiger partial charge in [-0.2, -0.15) is 0 Å². The van der Waals surface area contributed by atoms with E-state index >= 15 is 0 Å². The molecule has 28 heavy (non-hydrogen) atoms. The number of amides is 1. The minimum absolute atomic E-state index is 0.137. The van der Waals surface area contributed by atoms with Gasteiger partial charge in [0.2, 0.25) is 9.47 Å². The molecule has 152 valence electrons. The summed E-state index contributed by atoms with van der Waals surface area (Å²) >= 11 is 0.817. The zero-order valence-electron chi connectivity index (χ0n) is 15.7. The van der Waals surface area contributed by atoms with Crippen LogP contribution in [0.5, 0.6) is 0 Å². The summed E-state index contributed by atoms with van der Waals surface area (Å²) in [6.45, 7) is 2.62. The zero-order valence-corrected chi connectivity index (χ0v) is 17.3. The number of benzene rings is 1. The molecule has 0 atom stereocenters. The van der Waals surface area contributed by atoms with Gasteiger partial charge in [0.05, 0.1) is 6.10 Å². The summed E-state index contributed by atoms with van der Waals surface area (Å²) in [5.41, 5.74) is 1.32. The Bertz CT molecular complexity index is 908. The van der Waals surface area contributed by atoms with Crippen LogP contribution in [0, 0.1) is 6.92 Å². The van der Waals surface area contributed by atoms with E-state index in [1.807, 2.05) is 19.1 Å². The second-order valence-electron chi connectivity index (χ2n) is 6.67. The number of anilines is 1. The molecule has 0 radical (unpaired) electrons. The molecule has 0 bridgehead atoms. The summed E-state index contributed by atoms with van der Waals surface area (Å²) in [7, 11) is -3.76. The van der Waals surface area contributed by atoms with E-state index in [0.717, 1.165) is 29.7 Å². The molecule has 1 heterocycles. The molecule has 1 aromatic carbocycles. The number of hydrogen-bond acceptors (Lipinski definition) is 7. The van der Waals surface area contributed by atoms with E-state index in [4.69, 9.17) is 4.74 Å². The molecule has 1 saturated carbocycles. The van der Waals surface area contributed by atoms with Gasteiger partial charge in [0, 0.05) is 18.7 Å². The Morgan fingerprint density at radius 1 is 1.25 bits per heavy atom. The predicted molar refractivity (Wildman–Crippen MR) is 107 cm³/mol. The fourth-order valence-corrected chi connectivity index (χ4v) is 5.02. The van der Waals surface area contributed by atoms with Crippen LogP contribution in [-0.4, -0.2) is 43.8 Å². The second-order valence-corrected chi connectivity index (χ2v) is 9.59. The van der Waals surface area contributed by atoms with Crippen LogP contribution in [-0.2, 0) is 14.8 Å². The minimum Gasteiger partial charge on any atom is -0.378 e. The van der Waals surface area contributed by atoms with Crippen molar-refractivity contribution in [3.05, 3.63) is 35.4 Å². The Kier molecular flexibility index (Phi) is 7.11. The zero-order chi connectivity index (χ0) is 20.0. The maximum Gasteiger partial charge on any atom is 0.269 e. The third kappa shape index (κ3) is 5.57. The van der Waals surface area contributed by atoms with Crippen LogP contribution < -0.4 is 10.0 Å². The molecule has 1 aliphatic carbocycles. The molecule has 0 unspecified atom stereocenters. The third-order valence-electron chi connectivity index (χ3n) is 4.52. The highest BCUT2D eigenvalue weighted by molar-refractivity contribution is 7.91. The van der Waals surface area contributed by atoms with Gasteiger partial charge >= 0.3 is 0 Å². The number of rotatable bonds is 9. The maximum atomic E-state index is 12.3. The molecule has 0 spiro atoms. The van der Waals surface area contributed by atoms with E-state index in [1.54, 1.807) is 12.1 Å². The predicted octanol–water partition coefficient (Wildman–Crippen LogP) is 2.73. The van der Waals surface area contributed by atoms with Gasteiger partial charge in [-0.25, -0.2) is 13.1 Å². The molecule has 1 fully saturated rings. The highest BCUT2D eigenvalue weighted by atomic mass is 32.2.